The topological polar surface area (TPSA) is 52.7 Å². The molecule has 3 atom stereocenters. The second kappa shape index (κ2) is 8.24. The molecule has 3 aliphatic rings. The van der Waals surface area contributed by atoms with E-state index in [0.717, 1.165) is 17.7 Å². The molecule has 0 saturated carbocycles. The molecule has 5 nitrogen and oxygen atoms in total. The summed E-state index contributed by atoms with van der Waals surface area (Å²) in [4.78, 5) is 30.4. The molecule has 28 heavy (non-hydrogen) atoms. The van der Waals surface area contributed by atoms with Crippen molar-refractivity contribution < 1.29 is 9.59 Å². The van der Waals surface area contributed by atoms with Gasteiger partial charge in [0, 0.05) is 24.7 Å². The molecule has 3 heterocycles. The Morgan fingerprint density at radius 1 is 1.14 bits per heavy atom. The number of hydrogen-bond acceptors (Lipinski definition) is 3. The molecule has 0 bridgehead atoms. The van der Waals surface area contributed by atoms with Crippen LogP contribution < -0.4 is 5.32 Å². The minimum atomic E-state index is -0.411. The van der Waals surface area contributed by atoms with Gasteiger partial charge in [0.25, 0.3) is 5.91 Å². The average molecular weight is 384 g/mol. The highest BCUT2D eigenvalue weighted by molar-refractivity contribution is 6.01. The number of amides is 2. The smallest absolute Gasteiger partial charge is 0.255 e. The van der Waals surface area contributed by atoms with Crippen LogP contribution in [0.25, 0.3) is 0 Å². The lowest BCUT2D eigenvalue weighted by Gasteiger charge is -2.44. The number of piperidine rings is 2. The van der Waals surface area contributed by atoms with Crippen molar-refractivity contribution in [3.05, 3.63) is 35.4 Å². The highest BCUT2D eigenvalue weighted by Gasteiger charge is 2.39. The molecule has 1 aromatic rings. The van der Waals surface area contributed by atoms with Gasteiger partial charge in [-0.1, -0.05) is 38.5 Å². The van der Waals surface area contributed by atoms with E-state index < -0.39 is 6.04 Å². The van der Waals surface area contributed by atoms with E-state index >= 15 is 0 Å². The van der Waals surface area contributed by atoms with E-state index in [1.807, 2.05) is 38.1 Å². The Kier molecular flexibility index (Phi) is 5.72. The van der Waals surface area contributed by atoms with E-state index in [4.69, 9.17) is 0 Å². The van der Waals surface area contributed by atoms with Crippen molar-refractivity contribution in [2.45, 2.75) is 64.6 Å². The maximum absolute atomic E-state index is 13.2. The normalized spacial score (nSPS) is 26.1. The zero-order valence-corrected chi connectivity index (χ0v) is 17.2. The number of hydrogen-bond donors (Lipinski definition) is 1. The minimum Gasteiger partial charge on any atom is -0.354 e. The third-order valence-corrected chi connectivity index (χ3v) is 6.85. The van der Waals surface area contributed by atoms with E-state index in [2.05, 4.69) is 10.2 Å². The van der Waals surface area contributed by atoms with E-state index in [1.165, 1.54) is 45.2 Å². The first-order chi connectivity index (χ1) is 13.6. The summed E-state index contributed by atoms with van der Waals surface area (Å²) in [5.74, 6) is 0.609. The second-order valence-corrected chi connectivity index (χ2v) is 9.03. The summed E-state index contributed by atoms with van der Waals surface area (Å²) in [5.41, 5.74) is 1.77. The minimum absolute atomic E-state index is 0.00379. The first kappa shape index (κ1) is 19.4. The number of benzene rings is 1. The fraction of sp³-hybridized carbons (Fsp3) is 0.652. The Hall–Kier alpha value is -1.88. The van der Waals surface area contributed by atoms with E-state index in [0.29, 0.717) is 18.5 Å². The molecule has 0 unspecified atom stereocenters. The highest BCUT2D eigenvalue weighted by atomic mass is 16.2. The lowest BCUT2D eigenvalue weighted by atomic mass is 9.83. The number of nitrogens with zero attached hydrogens (tertiary/aromatic N) is 2. The molecule has 1 aromatic carbocycles. The van der Waals surface area contributed by atoms with Crippen molar-refractivity contribution in [1.29, 1.82) is 0 Å². The second-order valence-electron chi connectivity index (χ2n) is 9.03. The maximum atomic E-state index is 13.2. The molecule has 3 aliphatic heterocycles. The fourth-order valence-corrected chi connectivity index (χ4v) is 5.46. The van der Waals surface area contributed by atoms with Crippen LogP contribution in [0.1, 0.15) is 61.9 Å². The van der Waals surface area contributed by atoms with Crippen molar-refractivity contribution in [2.75, 3.05) is 19.6 Å². The standard InChI is InChI=1S/C23H33N3O2/c1-16(2)21(26-15-18-8-3-4-10-19(18)23(26)28)22(27)24-14-17-9-7-13-25-12-6-5-11-20(17)25/h3-4,8,10,16-17,20-21H,5-7,9,11-15H2,1-2H3,(H,24,27)/t17-,20-,21+/m1/s1. The van der Waals surface area contributed by atoms with Gasteiger partial charge in [-0.05, 0) is 62.2 Å². The van der Waals surface area contributed by atoms with Crippen LogP contribution in [-0.2, 0) is 11.3 Å². The van der Waals surface area contributed by atoms with Gasteiger partial charge in [-0.3, -0.25) is 9.59 Å². The van der Waals surface area contributed by atoms with E-state index in [9.17, 15) is 9.59 Å². The van der Waals surface area contributed by atoms with Crippen LogP contribution in [0.15, 0.2) is 24.3 Å². The van der Waals surface area contributed by atoms with Gasteiger partial charge < -0.3 is 15.1 Å². The molecular weight excluding hydrogens is 350 g/mol. The van der Waals surface area contributed by atoms with Crippen molar-refractivity contribution in [2.24, 2.45) is 11.8 Å². The van der Waals surface area contributed by atoms with Gasteiger partial charge >= 0.3 is 0 Å². The molecule has 0 aromatic heterocycles. The van der Waals surface area contributed by atoms with Crippen LogP contribution in [-0.4, -0.2) is 53.3 Å². The molecule has 152 valence electrons. The third kappa shape index (κ3) is 3.69. The first-order valence-electron chi connectivity index (χ1n) is 11.0. The van der Waals surface area contributed by atoms with Crippen LogP contribution >= 0.6 is 0 Å². The molecule has 2 fully saturated rings. The summed E-state index contributed by atoms with van der Waals surface area (Å²) in [6.45, 7) is 7.76. The molecule has 5 heteroatoms. The molecule has 1 N–H and O–H groups in total. The van der Waals surface area contributed by atoms with Gasteiger partial charge in [0.15, 0.2) is 0 Å². The summed E-state index contributed by atoms with van der Waals surface area (Å²) in [5, 5.41) is 3.23. The van der Waals surface area contributed by atoms with Crippen molar-refractivity contribution in [3.8, 4) is 0 Å². The zero-order valence-electron chi connectivity index (χ0n) is 17.2. The van der Waals surface area contributed by atoms with Crippen LogP contribution in [0.5, 0.6) is 0 Å². The maximum Gasteiger partial charge on any atom is 0.255 e. The third-order valence-electron chi connectivity index (χ3n) is 6.85. The van der Waals surface area contributed by atoms with E-state index in [1.54, 1.807) is 4.90 Å². The molecule has 4 rings (SSSR count). The van der Waals surface area contributed by atoms with Gasteiger partial charge in [0.1, 0.15) is 6.04 Å². The predicted molar refractivity (Wildman–Crippen MR) is 110 cm³/mol. The number of carbonyl (C=O) groups is 2. The lowest BCUT2D eigenvalue weighted by molar-refractivity contribution is -0.127. The summed E-state index contributed by atoms with van der Waals surface area (Å²) in [7, 11) is 0. The largest absolute Gasteiger partial charge is 0.354 e. The number of carbonyl (C=O) groups excluding carboxylic acids is 2. The molecule has 0 spiro atoms. The Balaban J connectivity index is 1.41. The first-order valence-corrected chi connectivity index (χ1v) is 11.0. The number of nitrogens with one attached hydrogen (secondary N) is 1. The van der Waals surface area contributed by atoms with Gasteiger partial charge in [0.05, 0.1) is 0 Å². The monoisotopic (exact) mass is 383 g/mol. The van der Waals surface area contributed by atoms with Gasteiger partial charge in [-0.2, -0.15) is 0 Å². The number of fused-ring (bicyclic) bond motifs is 2. The summed E-state index contributed by atoms with van der Waals surface area (Å²) in [6, 6.07) is 7.92. The summed E-state index contributed by atoms with van der Waals surface area (Å²) in [6.07, 6.45) is 6.30. The summed E-state index contributed by atoms with van der Waals surface area (Å²) < 4.78 is 0. The molecular formula is C23H33N3O2. The van der Waals surface area contributed by atoms with Crippen molar-refractivity contribution in [3.63, 3.8) is 0 Å². The zero-order chi connectivity index (χ0) is 19.7. The molecule has 2 saturated heterocycles. The van der Waals surface area contributed by atoms with E-state index in [-0.39, 0.29) is 17.7 Å². The quantitative estimate of drug-likeness (QED) is 0.850. The van der Waals surface area contributed by atoms with Crippen LogP contribution in [0, 0.1) is 11.8 Å². The molecule has 0 aliphatic carbocycles. The number of rotatable bonds is 5. The lowest BCUT2D eigenvalue weighted by Crippen LogP contribution is -2.54. The Bertz CT molecular complexity index is 730. The Morgan fingerprint density at radius 3 is 2.71 bits per heavy atom. The van der Waals surface area contributed by atoms with Crippen molar-refractivity contribution in [1.82, 2.24) is 15.1 Å². The molecule has 2 amide bonds. The fourth-order valence-electron chi connectivity index (χ4n) is 5.46. The van der Waals surface area contributed by atoms with Crippen LogP contribution in [0.3, 0.4) is 0 Å². The van der Waals surface area contributed by atoms with Gasteiger partial charge in [-0.25, -0.2) is 0 Å². The van der Waals surface area contributed by atoms with Crippen LogP contribution in [0.2, 0.25) is 0 Å². The Morgan fingerprint density at radius 2 is 1.93 bits per heavy atom. The van der Waals surface area contributed by atoms with Crippen molar-refractivity contribution >= 4 is 11.8 Å². The Labute approximate surface area is 168 Å². The van der Waals surface area contributed by atoms with Gasteiger partial charge in [-0.15, -0.1) is 0 Å². The summed E-state index contributed by atoms with van der Waals surface area (Å²) >= 11 is 0. The SMILES string of the molecule is CC(C)[C@@H](C(=O)NC[C@H]1CCCN2CCCC[C@H]12)N1Cc2ccccc2C1=O. The molecule has 0 radical (unpaired) electrons. The van der Waals surface area contributed by atoms with Crippen LogP contribution in [0.4, 0.5) is 0 Å². The highest BCUT2D eigenvalue weighted by Crippen LogP contribution is 2.31. The predicted octanol–water partition coefficient (Wildman–Crippen LogP) is 3.05. The average Bonchev–Trinajstić information content (AvgIpc) is 3.03. The van der Waals surface area contributed by atoms with Gasteiger partial charge in [0.2, 0.25) is 5.91 Å².